The SMILES string of the molecule is CC1CN(c2ccc(C(=N)N)cc2)CCN1C. The number of hydrogen-bond donors (Lipinski definition) is 2. The lowest BCUT2D eigenvalue weighted by atomic mass is 10.1. The minimum atomic E-state index is 0.128. The summed E-state index contributed by atoms with van der Waals surface area (Å²) >= 11 is 0. The molecule has 4 heteroatoms. The standard InChI is InChI=1S/C13H20N4/c1-10-9-17(8-7-16(10)2)12-5-3-11(4-6-12)13(14)15/h3-6,10H,7-9H2,1-2H3,(H3,14,15). The topological polar surface area (TPSA) is 56.4 Å². The number of nitrogens with one attached hydrogen (secondary N) is 1. The first-order valence-corrected chi connectivity index (χ1v) is 5.97. The molecule has 1 heterocycles. The van der Waals surface area contributed by atoms with Crippen LogP contribution in [0.2, 0.25) is 0 Å². The van der Waals surface area contributed by atoms with E-state index in [2.05, 4.69) is 35.9 Å². The summed E-state index contributed by atoms with van der Waals surface area (Å²) in [5.41, 5.74) is 7.45. The van der Waals surface area contributed by atoms with Gasteiger partial charge in [-0.05, 0) is 38.2 Å². The molecule has 1 aliphatic rings. The van der Waals surface area contributed by atoms with Gasteiger partial charge in [-0.15, -0.1) is 0 Å². The Hall–Kier alpha value is -1.55. The zero-order valence-corrected chi connectivity index (χ0v) is 10.5. The van der Waals surface area contributed by atoms with Crippen LogP contribution in [0, 0.1) is 5.41 Å². The van der Waals surface area contributed by atoms with Gasteiger partial charge in [0, 0.05) is 36.9 Å². The predicted octanol–water partition coefficient (Wildman–Crippen LogP) is 1.11. The first-order valence-electron chi connectivity index (χ1n) is 5.97. The van der Waals surface area contributed by atoms with Crippen molar-refractivity contribution >= 4 is 11.5 Å². The van der Waals surface area contributed by atoms with Crippen molar-refractivity contribution in [1.82, 2.24) is 4.90 Å². The second kappa shape index (κ2) is 4.75. The van der Waals surface area contributed by atoms with E-state index in [1.54, 1.807) is 0 Å². The minimum Gasteiger partial charge on any atom is -0.384 e. The number of likely N-dealkylation sites (N-methyl/N-ethyl adjacent to an activating group) is 1. The average Bonchev–Trinajstić information content (AvgIpc) is 2.33. The average molecular weight is 232 g/mol. The number of anilines is 1. The maximum absolute atomic E-state index is 7.37. The molecule has 1 aromatic rings. The maximum Gasteiger partial charge on any atom is 0.122 e. The molecule has 1 aromatic carbocycles. The molecule has 4 nitrogen and oxygen atoms in total. The number of hydrogen-bond acceptors (Lipinski definition) is 3. The first kappa shape index (κ1) is 11.9. The van der Waals surface area contributed by atoms with Crippen LogP contribution in [0.15, 0.2) is 24.3 Å². The van der Waals surface area contributed by atoms with E-state index >= 15 is 0 Å². The van der Waals surface area contributed by atoms with Gasteiger partial charge in [0.05, 0.1) is 0 Å². The van der Waals surface area contributed by atoms with Crippen molar-refractivity contribution in [3.63, 3.8) is 0 Å². The van der Waals surface area contributed by atoms with E-state index in [-0.39, 0.29) is 5.84 Å². The molecule has 0 saturated carbocycles. The number of nitrogens with two attached hydrogens (primary N) is 1. The van der Waals surface area contributed by atoms with E-state index < -0.39 is 0 Å². The third-order valence-electron chi connectivity index (χ3n) is 3.50. The van der Waals surface area contributed by atoms with Crippen LogP contribution in [0.3, 0.4) is 0 Å². The van der Waals surface area contributed by atoms with Gasteiger partial charge >= 0.3 is 0 Å². The molecule has 0 aromatic heterocycles. The van der Waals surface area contributed by atoms with E-state index in [4.69, 9.17) is 11.1 Å². The van der Waals surface area contributed by atoms with Crippen LogP contribution in [0.25, 0.3) is 0 Å². The summed E-state index contributed by atoms with van der Waals surface area (Å²) in [4.78, 5) is 4.76. The van der Waals surface area contributed by atoms with Crippen LogP contribution in [0.4, 0.5) is 5.69 Å². The van der Waals surface area contributed by atoms with Gasteiger partial charge in [-0.3, -0.25) is 5.41 Å². The Kier molecular flexibility index (Phi) is 3.33. The lowest BCUT2D eigenvalue weighted by molar-refractivity contribution is 0.234. The smallest absolute Gasteiger partial charge is 0.122 e. The molecule has 0 spiro atoms. The predicted molar refractivity (Wildman–Crippen MR) is 71.8 cm³/mol. The molecule has 1 aliphatic heterocycles. The second-order valence-corrected chi connectivity index (χ2v) is 4.74. The van der Waals surface area contributed by atoms with Crippen molar-refractivity contribution < 1.29 is 0 Å². The van der Waals surface area contributed by atoms with Gasteiger partial charge in [0.15, 0.2) is 0 Å². The molecule has 0 bridgehead atoms. The van der Waals surface area contributed by atoms with Crippen LogP contribution >= 0.6 is 0 Å². The highest BCUT2D eigenvalue weighted by molar-refractivity contribution is 5.95. The first-order chi connectivity index (χ1) is 8.08. The van der Waals surface area contributed by atoms with Gasteiger partial charge in [0.25, 0.3) is 0 Å². The summed E-state index contributed by atoms with van der Waals surface area (Å²) in [5.74, 6) is 0.128. The van der Waals surface area contributed by atoms with E-state index in [9.17, 15) is 0 Å². The Morgan fingerprint density at radius 1 is 1.29 bits per heavy atom. The van der Waals surface area contributed by atoms with Crippen molar-refractivity contribution in [3.05, 3.63) is 29.8 Å². The normalized spacial score (nSPS) is 21.5. The maximum atomic E-state index is 7.37. The molecule has 1 fully saturated rings. The Labute approximate surface area is 103 Å². The van der Waals surface area contributed by atoms with E-state index in [1.807, 2.05) is 12.1 Å². The molecule has 1 saturated heterocycles. The third-order valence-corrected chi connectivity index (χ3v) is 3.50. The summed E-state index contributed by atoms with van der Waals surface area (Å²) in [6, 6.07) is 8.52. The Morgan fingerprint density at radius 2 is 1.94 bits per heavy atom. The quantitative estimate of drug-likeness (QED) is 0.593. The Morgan fingerprint density at radius 3 is 2.47 bits per heavy atom. The van der Waals surface area contributed by atoms with E-state index in [0.29, 0.717) is 6.04 Å². The molecule has 0 radical (unpaired) electrons. The fraction of sp³-hybridized carbons (Fsp3) is 0.462. The number of nitrogens with zero attached hydrogens (tertiary/aromatic N) is 2. The number of nitrogen functional groups attached to an aromatic ring is 1. The molecular weight excluding hydrogens is 212 g/mol. The largest absolute Gasteiger partial charge is 0.384 e. The fourth-order valence-corrected chi connectivity index (χ4v) is 2.13. The summed E-state index contributed by atoms with van der Waals surface area (Å²) in [5, 5.41) is 7.37. The third kappa shape index (κ3) is 2.58. The van der Waals surface area contributed by atoms with Gasteiger partial charge in [0.1, 0.15) is 5.84 Å². The summed E-state index contributed by atoms with van der Waals surface area (Å²) < 4.78 is 0. The molecule has 17 heavy (non-hydrogen) atoms. The van der Waals surface area contributed by atoms with Crippen molar-refractivity contribution in [3.8, 4) is 0 Å². The van der Waals surface area contributed by atoms with E-state index in [1.165, 1.54) is 5.69 Å². The summed E-state index contributed by atoms with van der Waals surface area (Å²) in [6.07, 6.45) is 0. The monoisotopic (exact) mass is 232 g/mol. The summed E-state index contributed by atoms with van der Waals surface area (Å²) in [7, 11) is 2.17. The molecule has 2 rings (SSSR count). The molecule has 1 atom stereocenters. The molecule has 1 unspecified atom stereocenters. The van der Waals surface area contributed by atoms with Crippen LogP contribution in [0.1, 0.15) is 12.5 Å². The number of benzene rings is 1. The second-order valence-electron chi connectivity index (χ2n) is 4.74. The highest BCUT2D eigenvalue weighted by Gasteiger charge is 2.20. The van der Waals surface area contributed by atoms with E-state index in [0.717, 1.165) is 25.2 Å². The van der Waals surface area contributed by atoms with Crippen molar-refractivity contribution in [2.45, 2.75) is 13.0 Å². The molecule has 3 N–H and O–H groups in total. The van der Waals surface area contributed by atoms with Crippen LogP contribution in [-0.4, -0.2) is 43.5 Å². The summed E-state index contributed by atoms with van der Waals surface area (Å²) in [6.45, 7) is 5.45. The van der Waals surface area contributed by atoms with Crippen LogP contribution in [-0.2, 0) is 0 Å². The lowest BCUT2D eigenvalue weighted by Crippen LogP contribution is -2.50. The molecule has 92 valence electrons. The highest BCUT2D eigenvalue weighted by Crippen LogP contribution is 2.18. The van der Waals surface area contributed by atoms with Gasteiger partial charge in [-0.25, -0.2) is 0 Å². The fourth-order valence-electron chi connectivity index (χ4n) is 2.13. The number of rotatable bonds is 2. The van der Waals surface area contributed by atoms with Gasteiger partial charge in [-0.2, -0.15) is 0 Å². The Balaban J connectivity index is 2.10. The Bertz CT molecular complexity index is 398. The number of amidine groups is 1. The van der Waals surface area contributed by atoms with Crippen molar-refractivity contribution in [1.29, 1.82) is 5.41 Å². The lowest BCUT2D eigenvalue weighted by Gasteiger charge is -2.39. The number of piperazine rings is 1. The zero-order valence-electron chi connectivity index (χ0n) is 10.5. The van der Waals surface area contributed by atoms with Crippen LogP contribution in [0.5, 0.6) is 0 Å². The van der Waals surface area contributed by atoms with Crippen molar-refractivity contribution in [2.75, 3.05) is 31.6 Å². The zero-order chi connectivity index (χ0) is 12.4. The van der Waals surface area contributed by atoms with Gasteiger partial charge in [0.2, 0.25) is 0 Å². The molecule has 0 aliphatic carbocycles. The minimum absolute atomic E-state index is 0.128. The molecule has 0 amide bonds. The molecular formula is C13H20N4. The van der Waals surface area contributed by atoms with Crippen LogP contribution < -0.4 is 10.6 Å². The van der Waals surface area contributed by atoms with Gasteiger partial charge < -0.3 is 15.5 Å². The van der Waals surface area contributed by atoms with Crippen molar-refractivity contribution in [2.24, 2.45) is 5.73 Å². The highest BCUT2D eigenvalue weighted by atomic mass is 15.3. The van der Waals surface area contributed by atoms with Gasteiger partial charge in [-0.1, -0.05) is 0 Å².